The van der Waals surface area contributed by atoms with Gasteiger partial charge in [0.1, 0.15) is 0 Å². The van der Waals surface area contributed by atoms with Gasteiger partial charge in [-0.15, -0.1) is 5.10 Å². The Labute approximate surface area is 129 Å². The molecule has 7 heteroatoms. The number of hydrogen-bond acceptors (Lipinski definition) is 5. The second-order valence-electron chi connectivity index (χ2n) is 5.85. The van der Waals surface area contributed by atoms with Crippen LogP contribution in [0.3, 0.4) is 0 Å². The molecule has 1 aliphatic heterocycles. The van der Waals surface area contributed by atoms with Crippen LogP contribution in [0.15, 0.2) is 6.07 Å². The Kier molecular flexibility index (Phi) is 4.06. The quantitative estimate of drug-likeness (QED) is 0.918. The van der Waals surface area contributed by atoms with Gasteiger partial charge in [0.15, 0.2) is 0 Å². The first kappa shape index (κ1) is 14.9. The molecule has 0 aromatic carbocycles. The molecule has 118 valence electrons. The third-order valence-corrected chi connectivity index (χ3v) is 4.16. The predicted octanol–water partition coefficient (Wildman–Crippen LogP) is 1.12. The van der Waals surface area contributed by atoms with Crippen molar-refractivity contribution in [1.29, 1.82) is 0 Å². The van der Waals surface area contributed by atoms with Crippen molar-refractivity contribution in [3.05, 3.63) is 23.3 Å². The van der Waals surface area contributed by atoms with E-state index in [1.165, 1.54) is 0 Å². The van der Waals surface area contributed by atoms with E-state index >= 15 is 0 Å². The Hall–Kier alpha value is -2.02. The van der Waals surface area contributed by atoms with E-state index in [1.54, 1.807) is 9.42 Å². The molecular weight excluding hydrogens is 282 g/mol. The Morgan fingerprint density at radius 2 is 2.18 bits per heavy atom. The molecule has 0 saturated carbocycles. The minimum Gasteiger partial charge on any atom is -0.396 e. The smallest absolute Gasteiger partial charge is 0.293 e. The number of amides is 1. The molecule has 1 unspecified atom stereocenters. The van der Waals surface area contributed by atoms with E-state index in [9.17, 15) is 9.90 Å². The summed E-state index contributed by atoms with van der Waals surface area (Å²) in [7, 11) is 0. The Morgan fingerprint density at radius 1 is 1.36 bits per heavy atom. The monoisotopic (exact) mass is 303 g/mol. The van der Waals surface area contributed by atoms with Gasteiger partial charge in [-0.1, -0.05) is 0 Å². The van der Waals surface area contributed by atoms with Gasteiger partial charge in [0.05, 0.1) is 0 Å². The number of carbonyl (C=O) groups excluding carboxylic acids is 1. The zero-order chi connectivity index (χ0) is 15.7. The van der Waals surface area contributed by atoms with Crippen molar-refractivity contribution < 1.29 is 9.90 Å². The summed E-state index contributed by atoms with van der Waals surface area (Å²) in [5.41, 5.74) is 1.76. The van der Waals surface area contributed by atoms with Crippen molar-refractivity contribution in [1.82, 2.24) is 24.5 Å². The van der Waals surface area contributed by atoms with Gasteiger partial charge < -0.3 is 10.0 Å². The number of aliphatic hydroxyl groups excluding tert-OH is 1. The van der Waals surface area contributed by atoms with Crippen LogP contribution < -0.4 is 0 Å². The van der Waals surface area contributed by atoms with E-state index in [0.717, 1.165) is 30.7 Å². The van der Waals surface area contributed by atoms with Crippen LogP contribution in [0.5, 0.6) is 0 Å². The summed E-state index contributed by atoms with van der Waals surface area (Å²) in [5, 5.41) is 13.5. The molecule has 3 rings (SSSR count). The number of piperidine rings is 1. The number of aliphatic hydroxyl groups is 1. The van der Waals surface area contributed by atoms with Crippen molar-refractivity contribution >= 4 is 11.7 Å². The summed E-state index contributed by atoms with van der Waals surface area (Å²) >= 11 is 0. The van der Waals surface area contributed by atoms with Crippen LogP contribution >= 0.6 is 0 Å². The lowest BCUT2D eigenvalue weighted by Gasteiger charge is -2.34. The summed E-state index contributed by atoms with van der Waals surface area (Å²) in [6, 6.07) is 1.99. The van der Waals surface area contributed by atoms with Crippen LogP contribution in [0.25, 0.3) is 5.78 Å². The number of fused-ring (bicyclic) bond motifs is 1. The summed E-state index contributed by atoms with van der Waals surface area (Å²) in [6.07, 6.45) is 3.61. The molecule has 1 amide bonds. The third-order valence-electron chi connectivity index (χ3n) is 4.16. The number of nitrogens with zero attached hydrogens (tertiary/aromatic N) is 5. The fourth-order valence-electron chi connectivity index (χ4n) is 3.10. The van der Waals surface area contributed by atoms with Crippen molar-refractivity contribution in [2.45, 2.75) is 45.6 Å². The third kappa shape index (κ3) is 2.68. The number of rotatable bonds is 3. The zero-order valence-corrected chi connectivity index (χ0v) is 13.0. The van der Waals surface area contributed by atoms with Crippen molar-refractivity contribution in [2.75, 3.05) is 13.2 Å². The fraction of sp³-hybridized carbons (Fsp3) is 0.600. The molecule has 0 aliphatic carbocycles. The van der Waals surface area contributed by atoms with Gasteiger partial charge in [-0.05, 0) is 45.6 Å². The second kappa shape index (κ2) is 6.00. The molecule has 2 aromatic heterocycles. The molecule has 1 aliphatic rings. The minimum absolute atomic E-state index is 0.0775. The Bertz CT molecular complexity index is 695. The first-order chi connectivity index (χ1) is 10.6. The average Bonchev–Trinajstić information content (AvgIpc) is 2.92. The summed E-state index contributed by atoms with van der Waals surface area (Å²) in [6.45, 7) is 4.60. The molecule has 2 aromatic rings. The van der Waals surface area contributed by atoms with Gasteiger partial charge in [0.2, 0.25) is 5.82 Å². The van der Waals surface area contributed by atoms with E-state index < -0.39 is 0 Å². The highest BCUT2D eigenvalue weighted by atomic mass is 16.3. The first-order valence-corrected chi connectivity index (χ1v) is 7.73. The molecule has 0 radical (unpaired) electrons. The van der Waals surface area contributed by atoms with Gasteiger partial charge in [-0.2, -0.15) is 4.98 Å². The Balaban J connectivity index is 1.92. The molecule has 1 atom stereocenters. The van der Waals surface area contributed by atoms with Gasteiger partial charge in [-0.25, -0.2) is 9.50 Å². The van der Waals surface area contributed by atoms with E-state index in [-0.39, 0.29) is 24.4 Å². The summed E-state index contributed by atoms with van der Waals surface area (Å²) < 4.78 is 1.60. The van der Waals surface area contributed by atoms with Gasteiger partial charge in [-0.3, -0.25) is 4.79 Å². The molecule has 3 heterocycles. The highest BCUT2D eigenvalue weighted by molar-refractivity contribution is 5.91. The highest BCUT2D eigenvalue weighted by Crippen LogP contribution is 2.21. The average molecular weight is 303 g/mol. The molecular formula is C15H21N5O2. The largest absolute Gasteiger partial charge is 0.396 e. The maximum atomic E-state index is 12.7. The maximum absolute atomic E-state index is 12.7. The number of aromatic nitrogens is 4. The normalized spacial score (nSPS) is 18.9. The van der Waals surface area contributed by atoms with Crippen LogP contribution in [0, 0.1) is 13.8 Å². The summed E-state index contributed by atoms with van der Waals surface area (Å²) in [4.78, 5) is 23.1. The van der Waals surface area contributed by atoms with Gasteiger partial charge in [0, 0.05) is 30.6 Å². The summed E-state index contributed by atoms with van der Waals surface area (Å²) in [5.74, 6) is 0.475. The van der Waals surface area contributed by atoms with Gasteiger partial charge >= 0.3 is 0 Å². The topological polar surface area (TPSA) is 83.6 Å². The van der Waals surface area contributed by atoms with E-state index in [1.807, 2.05) is 19.9 Å². The van der Waals surface area contributed by atoms with Crippen LogP contribution in [0.1, 0.15) is 47.7 Å². The molecule has 1 saturated heterocycles. The standard InChI is InChI=1S/C15H21N5O2/c1-10-9-11(2)20-15(16-10)17-13(18-20)14(22)19-7-4-3-5-12(19)6-8-21/h9,12,21H,3-8H2,1-2H3. The number of likely N-dealkylation sites (tertiary alicyclic amines) is 1. The van der Waals surface area contributed by atoms with Crippen LogP contribution in [-0.2, 0) is 0 Å². The molecule has 0 spiro atoms. The number of carbonyl (C=O) groups is 1. The molecule has 0 bridgehead atoms. The predicted molar refractivity (Wildman–Crippen MR) is 80.6 cm³/mol. The second-order valence-corrected chi connectivity index (χ2v) is 5.85. The van der Waals surface area contributed by atoms with E-state index in [2.05, 4.69) is 15.1 Å². The lowest BCUT2D eigenvalue weighted by atomic mass is 9.99. The van der Waals surface area contributed by atoms with Crippen molar-refractivity contribution in [2.24, 2.45) is 0 Å². The molecule has 7 nitrogen and oxygen atoms in total. The number of hydrogen-bond donors (Lipinski definition) is 1. The zero-order valence-electron chi connectivity index (χ0n) is 13.0. The lowest BCUT2D eigenvalue weighted by molar-refractivity contribution is 0.0562. The highest BCUT2D eigenvalue weighted by Gasteiger charge is 2.29. The molecule has 1 fully saturated rings. The van der Waals surface area contributed by atoms with Crippen LogP contribution in [0.2, 0.25) is 0 Å². The molecule has 1 N–H and O–H groups in total. The van der Waals surface area contributed by atoms with Crippen molar-refractivity contribution in [3.63, 3.8) is 0 Å². The van der Waals surface area contributed by atoms with Gasteiger partial charge in [0.25, 0.3) is 11.7 Å². The fourth-order valence-corrected chi connectivity index (χ4v) is 3.10. The first-order valence-electron chi connectivity index (χ1n) is 7.73. The van der Waals surface area contributed by atoms with E-state index in [0.29, 0.717) is 18.7 Å². The SMILES string of the molecule is Cc1cc(C)n2nc(C(=O)N3CCCCC3CCO)nc2n1. The van der Waals surface area contributed by atoms with Crippen LogP contribution in [0.4, 0.5) is 0 Å². The molecule has 22 heavy (non-hydrogen) atoms. The van der Waals surface area contributed by atoms with E-state index in [4.69, 9.17) is 0 Å². The Morgan fingerprint density at radius 3 is 2.95 bits per heavy atom. The van der Waals surface area contributed by atoms with Crippen molar-refractivity contribution in [3.8, 4) is 0 Å². The number of aryl methyl sites for hydroxylation is 2. The van der Waals surface area contributed by atoms with Crippen LogP contribution in [-0.4, -0.2) is 54.7 Å². The lowest BCUT2D eigenvalue weighted by Crippen LogP contribution is -2.44. The minimum atomic E-state index is -0.166. The maximum Gasteiger partial charge on any atom is 0.293 e.